The summed E-state index contributed by atoms with van der Waals surface area (Å²) >= 11 is 0. The lowest BCUT2D eigenvalue weighted by Gasteiger charge is -2.23. The fraction of sp³-hybridized carbons (Fsp3) is 0.400. The summed E-state index contributed by atoms with van der Waals surface area (Å²) < 4.78 is 0. The van der Waals surface area contributed by atoms with Crippen LogP contribution in [-0.4, -0.2) is 28.3 Å². The number of hydrogen-bond acceptors (Lipinski definition) is 2. The second kappa shape index (κ2) is 3.87. The van der Waals surface area contributed by atoms with Crippen molar-refractivity contribution in [3.8, 4) is 0 Å². The normalized spacial score (nSPS) is 14.2. The van der Waals surface area contributed by atoms with Crippen molar-refractivity contribution in [2.75, 3.05) is 7.05 Å². The Morgan fingerprint density at radius 1 is 1.23 bits per heavy atom. The van der Waals surface area contributed by atoms with Crippen molar-refractivity contribution in [2.45, 2.75) is 19.4 Å². The van der Waals surface area contributed by atoms with Crippen molar-refractivity contribution in [2.24, 2.45) is 0 Å². The van der Waals surface area contributed by atoms with E-state index >= 15 is 0 Å². The zero-order chi connectivity index (χ0) is 9.90. The second-order valence-electron chi connectivity index (χ2n) is 3.52. The molecular weight excluding hydrogens is 166 g/mol. The monoisotopic (exact) mass is 182 g/mol. The third kappa shape index (κ3) is 3.14. The molecule has 1 aromatic carbocycles. The van der Waals surface area contributed by atoms with E-state index in [2.05, 4.69) is 0 Å². The predicted octanol–water partition coefficient (Wildman–Crippen LogP) is 1.84. The fourth-order valence-corrected chi connectivity index (χ4v) is 1.13. The molecule has 0 radical (unpaired) electrons. The quantitative estimate of drug-likeness (QED) is 0.553. The highest BCUT2D eigenvalue weighted by atomic mass is 16.8. The molecule has 72 valence electrons. The lowest BCUT2D eigenvalue weighted by Crippen LogP contribution is -2.45. The van der Waals surface area contributed by atoms with Crippen LogP contribution in [0.2, 0.25) is 0 Å². The molecule has 13 heavy (non-hydrogen) atoms. The number of benzene rings is 1. The van der Waals surface area contributed by atoms with Crippen molar-refractivity contribution in [1.29, 1.82) is 0 Å². The smallest absolute Gasteiger partial charge is 0.153 e. The molecular formula is C10H16NO2+. The van der Waals surface area contributed by atoms with Crippen LogP contribution in [-0.2, 0) is 6.42 Å². The molecule has 1 unspecified atom stereocenters. The molecule has 0 amide bonds. The second-order valence-corrected chi connectivity index (χ2v) is 3.52. The van der Waals surface area contributed by atoms with Crippen LogP contribution < -0.4 is 0 Å². The zero-order valence-corrected chi connectivity index (χ0v) is 8.01. The van der Waals surface area contributed by atoms with E-state index < -0.39 is 4.81 Å². The number of rotatable bonds is 3. The fourth-order valence-electron chi connectivity index (χ4n) is 1.13. The predicted molar refractivity (Wildman–Crippen MR) is 49.4 cm³/mol. The molecule has 1 rings (SSSR count). The average molecular weight is 182 g/mol. The molecule has 1 atom stereocenters. The van der Waals surface area contributed by atoms with Gasteiger partial charge in [0.15, 0.2) is 6.04 Å². The molecule has 2 N–H and O–H groups in total. The third-order valence-electron chi connectivity index (χ3n) is 2.21. The van der Waals surface area contributed by atoms with Gasteiger partial charge in [-0.1, -0.05) is 30.3 Å². The van der Waals surface area contributed by atoms with Gasteiger partial charge in [-0.3, -0.25) is 0 Å². The number of quaternary nitrogens is 1. The Hall–Kier alpha value is -0.900. The van der Waals surface area contributed by atoms with E-state index in [9.17, 15) is 10.4 Å². The standard InChI is InChI=1S/C10H16NO2/c1-9(11(2,12)13)8-10-6-4-3-5-7-10/h3-7,9,12-13H,8H2,1-2H3/q+1. The molecule has 1 aromatic rings. The van der Waals surface area contributed by atoms with Gasteiger partial charge in [-0.15, -0.1) is 0 Å². The summed E-state index contributed by atoms with van der Waals surface area (Å²) in [7, 11) is 1.35. The van der Waals surface area contributed by atoms with E-state index in [-0.39, 0.29) is 6.04 Å². The minimum absolute atomic E-state index is 0.220. The zero-order valence-electron chi connectivity index (χ0n) is 8.01. The molecule has 0 aliphatic rings. The Kier molecular flexibility index (Phi) is 3.03. The topological polar surface area (TPSA) is 40.5 Å². The van der Waals surface area contributed by atoms with Crippen molar-refractivity contribution in [1.82, 2.24) is 0 Å². The van der Waals surface area contributed by atoms with Crippen molar-refractivity contribution < 1.29 is 15.2 Å². The van der Waals surface area contributed by atoms with Crippen molar-refractivity contribution in [3.63, 3.8) is 0 Å². The van der Waals surface area contributed by atoms with E-state index in [0.29, 0.717) is 6.42 Å². The summed E-state index contributed by atoms with van der Waals surface area (Å²) in [5, 5.41) is 18.5. The van der Waals surface area contributed by atoms with Gasteiger partial charge in [0.2, 0.25) is 0 Å². The van der Waals surface area contributed by atoms with Gasteiger partial charge < -0.3 is 0 Å². The van der Waals surface area contributed by atoms with Crippen LogP contribution in [0.5, 0.6) is 0 Å². The first-order valence-electron chi connectivity index (χ1n) is 4.36. The van der Waals surface area contributed by atoms with E-state index in [1.165, 1.54) is 7.05 Å². The van der Waals surface area contributed by atoms with Gasteiger partial charge in [-0.25, -0.2) is 0 Å². The van der Waals surface area contributed by atoms with Gasteiger partial charge in [0.1, 0.15) is 7.05 Å². The van der Waals surface area contributed by atoms with Crippen LogP contribution in [0.25, 0.3) is 0 Å². The Morgan fingerprint density at radius 2 is 1.77 bits per heavy atom. The van der Waals surface area contributed by atoms with Crippen molar-refractivity contribution in [3.05, 3.63) is 35.9 Å². The van der Waals surface area contributed by atoms with Gasteiger partial charge in [-0.2, -0.15) is 10.4 Å². The Labute approximate surface area is 78.4 Å². The maximum absolute atomic E-state index is 9.24. The van der Waals surface area contributed by atoms with Gasteiger partial charge in [-0.05, 0) is 17.3 Å². The highest BCUT2D eigenvalue weighted by Crippen LogP contribution is 2.09. The van der Waals surface area contributed by atoms with Crippen LogP contribution in [0.3, 0.4) is 0 Å². The third-order valence-corrected chi connectivity index (χ3v) is 2.21. The average Bonchev–Trinajstić information content (AvgIpc) is 2.04. The van der Waals surface area contributed by atoms with E-state index in [4.69, 9.17) is 0 Å². The van der Waals surface area contributed by atoms with Gasteiger partial charge >= 0.3 is 0 Å². The van der Waals surface area contributed by atoms with Crippen LogP contribution in [0.15, 0.2) is 30.3 Å². The molecule has 3 heteroatoms. The summed E-state index contributed by atoms with van der Waals surface area (Å²) in [4.78, 5) is -0.977. The molecule has 0 aromatic heterocycles. The van der Waals surface area contributed by atoms with Crippen LogP contribution in [0.1, 0.15) is 12.5 Å². The molecule has 0 aliphatic carbocycles. The highest BCUT2D eigenvalue weighted by molar-refractivity contribution is 5.15. The summed E-state index contributed by atoms with van der Waals surface area (Å²) in [5.74, 6) is 0. The number of likely N-dealkylation sites (N-methyl/N-ethyl adjacent to an activating group) is 1. The molecule has 3 nitrogen and oxygen atoms in total. The Morgan fingerprint density at radius 3 is 2.23 bits per heavy atom. The maximum atomic E-state index is 9.24. The first-order valence-corrected chi connectivity index (χ1v) is 4.36. The van der Waals surface area contributed by atoms with Crippen LogP contribution in [0, 0.1) is 0 Å². The van der Waals surface area contributed by atoms with E-state index in [1.807, 2.05) is 30.3 Å². The lowest BCUT2D eigenvalue weighted by atomic mass is 10.1. The number of hydrogen-bond donors (Lipinski definition) is 2. The highest BCUT2D eigenvalue weighted by Gasteiger charge is 2.25. The van der Waals surface area contributed by atoms with E-state index in [0.717, 1.165) is 5.56 Å². The van der Waals surface area contributed by atoms with Gasteiger partial charge in [0.05, 0.1) is 0 Å². The first-order chi connectivity index (χ1) is 6.00. The SMILES string of the molecule is CC(Cc1ccccc1)[N+](C)(O)O. The maximum Gasteiger partial charge on any atom is 0.153 e. The minimum Gasteiger partial charge on any atom is -0.182 e. The van der Waals surface area contributed by atoms with Gasteiger partial charge in [0, 0.05) is 6.42 Å². The lowest BCUT2D eigenvalue weighted by molar-refractivity contribution is -1.25. The molecule has 0 fully saturated rings. The summed E-state index contributed by atoms with van der Waals surface area (Å²) in [5.41, 5.74) is 1.11. The van der Waals surface area contributed by atoms with E-state index in [1.54, 1.807) is 6.92 Å². The number of nitrogens with zero attached hydrogens (tertiary/aromatic N) is 1. The molecule has 0 saturated carbocycles. The Balaban J connectivity index is 2.61. The van der Waals surface area contributed by atoms with Crippen LogP contribution in [0.4, 0.5) is 0 Å². The first kappa shape index (κ1) is 10.2. The minimum atomic E-state index is -0.977. The Bertz CT molecular complexity index is 253. The van der Waals surface area contributed by atoms with Crippen LogP contribution >= 0.6 is 0 Å². The molecule has 0 saturated heterocycles. The molecule has 0 bridgehead atoms. The summed E-state index contributed by atoms with van der Waals surface area (Å²) in [6.45, 7) is 1.80. The summed E-state index contributed by atoms with van der Waals surface area (Å²) in [6, 6.07) is 9.57. The molecule has 0 heterocycles. The largest absolute Gasteiger partial charge is 0.182 e. The summed E-state index contributed by atoms with van der Waals surface area (Å²) in [6.07, 6.45) is 0.657. The van der Waals surface area contributed by atoms with Gasteiger partial charge in [0.25, 0.3) is 0 Å². The molecule has 0 aliphatic heterocycles. The number of hydroxylamine groups is 4. The molecule has 0 spiro atoms. The van der Waals surface area contributed by atoms with Crippen molar-refractivity contribution >= 4 is 0 Å².